The molecule has 0 aliphatic rings. The Balaban J connectivity index is 2.18. The molecular formula is C17H16N4O8S. The molecule has 0 aliphatic heterocycles. The number of hydrogen-bond acceptors (Lipinski definition) is 9. The van der Waals surface area contributed by atoms with E-state index in [2.05, 4.69) is 10.6 Å². The van der Waals surface area contributed by atoms with E-state index in [1.165, 1.54) is 12.5 Å². The number of aromatic carboxylic acids is 1. The summed E-state index contributed by atoms with van der Waals surface area (Å²) in [6.45, 7) is -0.194. The number of hydrogen-bond donors (Lipinski definition) is 4. The summed E-state index contributed by atoms with van der Waals surface area (Å²) in [6.07, 6.45) is 2.75. The van der Waals surface area contributed by atoms with Crippen LogP contribution in [0.25, 0.3) is 0 Å². The Bertz CT molecular complexity index is 1170. The third-order valence-electron chi connectivity index (χ3n) is 4.02. The molecule has 1 aromatic carbocycles. The largest absolute Gasteiger partial charge is 0.478 e. The minimum Gasteiger partial charge on any atom is -0.478 e. The Morgan fingerprint density at radius 2 is 1.63 bits per heavy atom. The van der Waals surface area contributed by atoms with E-state index in [1.807, 2.05) is 0 Å². The molecule has 158 valence electrons. The Kier molecular flexibility index (Phi) is 5.75. The van der Waals surface area contributed by atoms with Crippen LogP contribution in [0.5, 0.6) is 0 Å². The quantitative estimate of drug-likeness (QED) is 0.286. The van der Waals surface area contributed by atoms with Crippen molar-refractivity contribution in [3.05, 3.63) is 70.1 Å². The van der Waals surface area contributed by atoms with Crippen LogP contribution in [0.1, 0.15) is 21.9 Å². The van der Waals surface area contributed by atoms with E-state index in [4.69, 9.17) is 14.0 Å². The lowest BCUT2D eigenvalue weighted by Gasteiger charge is -2.16. The van der Waals surface area contributed by atoms with E-state index < -0.39 is 48.4 Å². The number of nitro benzene ring substituents is 1. The van der Waals surface area contributed by atoms with E-state index in [0.717, 1.165) is 6.07 Å². The number of primary sulfonamides is 1. The minimum atomic E-state index is -4.52. The molecule has 12 nitrogen and oxygen atoms in total. The van der Waals surface area contributed by atoms with Gasteiger partial charge in [0, 0.05) is 0 Å². The van der Waals surface area contributed by atoms with Crippen molar-refractivity contribution in [1.29, 1.82) is 0 Å². The number of sulfonamides is 1. The summed E-state index contributed by atoms with van der Waals surface area (Å²) in [5.74, 6) is -0.846. The predicted molar refractivity (Wildman–Crippen MR) is 103 cm³/mol. The Morgan fingerprint density at radius 1 is 1.10 bits per heavy atom. The van der Waals surface area contributed by atoms with Gasteiger partial charge in [0.1, 0.15) is 27.8 Å². The topological polar surface area (TPSA) is 191 Å². The van der Waals surface area contributed by atoms with Gasteiger partial charge in [0.05, 0.1) is 36.1 Å². The Labute approximate surface area is 169 Å². The number of nitrogens with one attached hydrogen (secondary N) is 2. The van der Waals surface area contributed by atoms with Gasteiger partial charge in [-0.2, -0.15) is 0 Å². The number of carboxylic acids is 1. The molecule has 0 atom stereocenters. The maximum absolute atomic E-state index is 12.1. The summed E-state index contributed by atoms with van der Waals surface area (Å²) in [7, 11) is -4.52. The van der Waals surface area contributed by atoms with Gasteiger partial charge in [0.15, 0.2) is 0 Å². The molecule has 0 unspecified atom stereocenters. The van der Waals surface area contributed by atoms with Crippen molar-refractivity contribution >= 4 is 33.1 Å². The SMILES string of the molecule is NS(=O)(=O)c1cc(C(=O)O)c(NCc2ccco2)c([N+](=O)[O-])c1NCc1ccco1. The number of anilines is 2. The van der Waals surface area contributed by atoms with E-state index >= 15 is 0 Å². The second-order valence-corrected chi connectivity index (χ2v) is 7.52. The van der Waals surface area contributed by atoms with Crippen LogP contribution in [-0.4, -0.2) is 24.4 Å². The van der Waals surface area contributed by atoms with Gasteiger partial charge in [-0.25, -0.2) is 18.4 Å². The third kappa shape index (κ3) is 4.42. The zero-order valence-electron chi connectivity index (χ0n) is 15.2. The number of carboxylic acid groups (broad SMARTS) is 1. The van der Waals surface area contributed by atoms with Gasteiger partial charge >= 0.3 is 11.7 Å². The first kappa shape index (κ1) is 20.9. The highest BCUT2D eigenvalue weighted by Crippen LogP contribution is 2.41. The van der Waals surface area contributed by atoms with Crippen molar-refractivity contribution in [3.8, 4) is 0 Å². The lowest BCUT2D eigenvalue weighted by Crippen LogP contribution is -2.19. The smallest absolute Gasteiger partial charge is 0.338 e. The summed E-state index contributed by atoms with van der Waals surface area (Å²) in [5.41, 5.74) is -2.30. The standard InChI is InChI=1S/C17H16N4O8S/c18-30(26,27)13-7-12(17(22)23)14(19-8-10-3-1-5-28-10)16(21(24)25)15(13)20-9-11-4-2-6-29-11/h1-7,19-20H,8-9H2,(H,22,23)(H2,18,26,27). The molecular weight excluding hydrogens is 420 g/mol. The van der Waals surface area contributed by atoms with Crippen LogP contribution in [0.4, 0.5) is 17.1 Å². The van der Waals surface area contributed by atoms with E-state index in [1.54, 1.807) is 24.3 Å². The lowest BCUT2D eigenvalue weighted by atomic mass is 10.1. The summed E-state index contributed by atoms with van der Waals surface area (Å²) >= 11 is 0. The van der Waals surface area contributed by atoms with Gasteiger partial charge in [-0.1, -0.05) is 0 Å². The fourth-order valence-electron chi connectivity index (χ4n) is 2.75. The molecule has 2 heterocycles. The second kappa shape index (κ2) is 8.26. The van der Waals surface area contributed by atoms with Gasteiger partial charge in [0.2, 0.25) is 10.0 Å². The summed E-state index contributed by atoms with van der Waals surface area (Å²) in [4.78, 5) is 22.0. The van der Waals surface area contributed by atoms with Crippen LogP contribution in [0.3, 0.4) is 0 Å². The molecule has 0 bridgehead atoms. The van der Waals surface area contributed by atoms with Crippen molar-refractivity contribution in [1.82, 2.24) is 0 Å². The molecule has 3 rings (SSSR count). The first-order chi connectivity index (χ1) is 14.2. The van der Waals surface area contributed by atoms with E-state index in [0.29, 0.717) is 11.5 Å². The number of carbonyl (C=O) groups is 1. The molecule has 3 aromatic rings. The summed E-state index contributed by atoms with van der Waals surface area (Å²) in [5, 5.41) is 31.9. The van der Waals surface area contributed by atoms with Crippen molar-refractivity contribution < 1.29 is 32.1 Å². The first-order valence-electron chi connectivity index (χ1n) is 8.32. The molecule has 0 saturated carbocycles. The monoisotopic (exact) mass is 436 g/mol. The van der Waals surface area contributed by atoms with E-state index in [-0.39, 0.29) is 13.1 Å². The van der Waals surface area contributed by atoms with Crippen LogP contribution in [0, 0.1) is 10.1 Å². The molecule has 0 saturated heterocycles. The zero-order chi connectivity index (χ0) is 21.9. The predicted octanol–water partition coefficient (Wildman–Crippen LogP) is 2.35. The summed E-state index contributed by atoms with van der Waals surface area (Å²) < 4.78 is 34.4. The van der Waals surface area contributed by atoms with Crippen molar-refractivity contribution in [3.63, 3.8) is 0 Å². The minimum absolute atomic E-state index is 0.0829. The molecule has 0 spiro atoms. The Hall–Kier alpha value is -3.84. The lowest BCUT2D eigenvalue weighted by molar-refractivity contribution is -0.383. The molecule has 5 N–H and O–H groups in total. The van der Waals surface area contributed by atoms with Crippen LogP contribution < -0.4 is 15.8 Å². The molecule has 2 aromatic heterocycles. The number of nitrogens with zero attached hydrogens (tertiary/aromatic N) is 1. The maximum Gasteiger partial charge on any atom is 0.338 e. The second-order valence-electron chi connectivity index (χ2n) is 5.99. The molecule has 0 amide bonds. The van der Waals surface area contributed by atoms with Crippen LogP contribution >= 0.6 is 0 Å². The van der Waals surface area contributed by atoms with Crippen LogP contribution in [0.2, 0.25) is 0 Å². The van der Waals surface area contributed by atoms with Crippen LogP contribution in [0.15, 0.2) is 56.6 Å². The van der Waals surface area contributed by atoms with Crippen molar-refractivity contribution in [2.75, 3.05) is 10.6 Å². The van der Waals surface area contributed by atoms with Crippen molar-refractivity contribution in [2.24, 2.45) is 5.14 Å². The highest BCUT2D eigenvalue weighted by Gasteiger charge is 2.33. The number of nitro groups is 1. The maximum atomic E-state index is 12.1. The third-order valence-corrected chi connectivity index (χ3v) is 4.96. The van der Waals surface area contributed by atoms with Crippen LogP contribution in [-0.2, 0) is 23.1 Å². The van der Waals surface area contributed by atoms with Crippen molar-refractivity contribution in [2.45, 2.75) is 18.0 Å². The highest BCUT2D eigenvalue weighted by molar-refractivity contribution is 7.89. The highest BCUT2D eigenvalue weighted by atomic mass is 32.2. The average Bonchev–Trinajstić information content (AvgIpc) is 3.36. The fourth-order valence-corrected chi connectivity index (χ4v) is 3.48. The number of rotatable bonds is 9. The zero-order valence-corrected chi connectivity index (χ0v) is 16.0. The van der Waals surface area contributed by atoms with Gasteiger partial charge in [-0.3, -0.25) is 10.1 Å². The van der Waals surface area contributed by atoms with Gasteiger partial charge in [0.25, 0.3) is 0 Å². The first-order valence-corrected chi connectivity index (χ1v) is 9.87. The van der Waals surface area contributed by atoms with Gasteiger partial charge < -0.3 is 24.6 Å². The van der Waals surface area contributed by atoms with Gasteiger partial charge in [-0.15, -0.1) is 0 Å². The molecule has 0 radical (unpaired) electrons. The summed E-state index contributed by atoms with van der Waals surface area (Å²) in [6, 6.07) is 7.07. The molecule has 0 aliphatic carbocycles. The average molecular weight is 436 g/mol. The van der Waals surface area contributed by atoms with E-state index in [9.17, 15) is 28.4 Å². The van der Waals surface area contributed by atoms with Gasteiger partial charge in [-0.05, 0) is 30.3 Å². The Morgan fingerprint density at radius 3 is 2.03 bits per heavy atom. The molecule has 13 heteroatoms. The number of furan rings is 2. The molecule has 30 heavy (non-hydrogen) atoms. The number of benzene rings is 1. The molecule has 0 fully saturated rings. The fraction of sp³-hybridized carbons (Fsp3) is 0.118. The number of nitrogens with two attached hydrogens (primary N) is 1. The normalized spacial score (nSPS) is 11.2.